The van der Waals surface area contributed by atoms with E-state index in [4.69, 9.17) is 16.3 Å². The maximum atomic E-state index is 13.2. The average molecular weight is 503 g/mol. The second-order valence-corrected chi connectivity index (χ2v) is 8.17. The molecule has 1 N–H and O–H groups in total. The number of aromatic nitrogens is 1. The predicted octanol–water partition coefficient (Wildman–Crippen LogP) is 5.38. The minimum absolute atomic E-state index is 0.168. The number of ether oxygens (including phenoxy) is 1. The number of pyridine rings is 1. The molecule has 0 bridgehead atoms. The molecule has 1 aromatic heterocycles. The molecule has 0 aliphatic carbocycles. The number of amides is 1. The molecule has 6 nitrogen and oxygen atoms in total. The Balaban J connectivity index is 1.83. The highest BCUT2D eigenvalue weighted by atomic mass is 35.5. The van der Waals surface area contributed by atoms with E-state index in [2.05, 4.69) is 4.98 Å². The Bertz CT molecular complexity index is 1330. The number of likely N-dealkylation sites (tertiary alicyclic amines) is 1. The molecule has 1 atom stereocenters. The second-order valence-electron chi connectivity index (χ2n) is 7.76. The zero-order chi connectivity index (χ0) is 25.3. The lowest BCUT2D eigenvalue weighted by molar-refractivity contribution is -0.140. The molecular formula is C25H18ClF3N2O4. The third kappa shape index (κ3) is 4.72. The van der Waals surface area contributed by atoms with Gasteiger partial charge in [-0.3, -0.25) is 14.6 Å². The van der Waals surface area contributed by atoms with E-state index in [9.17, 15) is 27.9 Å². The van der Waals surface area contributed by atoms with E-state index in [1.165, 1.54) is 49.8 Å². The van der Waals surface area contributed by atoms with E-state index >= 15 is 0 Å². The number of methoxy groups -OCH3 is 1. The van der Waals surface area contributed by atoms with Gasteiger partial charge in [-0.05, 0) is 47.5 Å². The number of benzene rings is 2. The molecule has 1 amide bonds. The number of aliphatic hydroxyl groups is 1. The lowest BCUT2D eigenvalue weighted by Gasteiger charge is -2.25. The maximum absolute atomic E-state index is 13.2. The number of carbonyl (C=O) groups is 2. The Labute approximate surface area is 203 Å². The van der Waals surface area contributed by atoms with E-state index in [0.29, 0.717) is 11.3 Å². The molecule has 1 aliphatic rings. The summed E-state index contributed by atoms with van der Waals surface area (Å²) in [7, 11) is 1.42. The molecule has 1 saturated heterocycles. The van der Waals surface area contributed by atoms with E-state index in [1.807, 2.05) is 0 Å². The van der Waals surface area contributed by atoms with Crippen molar-refractivity contribution in [2.24, 2.45) is 0 Å². The number of carbonyl (C=O) groups excluding carboxylic acids is 2. The van der Waals surface area contributed by atoms with E-state index in [0.717, 1.165) is 17.0 Å². The molecule has 0 radical (unpaired) electrons. The molecule has 1 fully saturated rings. The average Bonchev–Trinajstić information content (AvgIpc) is 3.08. The first-order chi connectivity index (χ1) is 16.6. The molecule has 0 saturated carbocycles. The minimum Gasteiger partial charge on any atom is -0.507 e. The lowest BCUT2D eigenvalue weighted by Crippen LogP contribution is -2.29. The molecular weight excluding hydrogens is 485 g/mol. The van der Waals surface area contributed by atoms with Crippen molar-refractivity contribution >= 4 is 29.1 Å². The molecule has 1 unspecified atom stereocenters. The standard InChI is InChI=1S/C25H18ClF3N2O4/c1-35-19-8-7-15(11-18(19)26)22(32)20-21(16-5-3-9-30-12-16)31(24(34)23(20)33)13-14-4-2-6-17(10-14)25(27,28)29/h2-12,21,32H,13H2,1H3/b22-20+. The first kappa shape index (κ1) is 24.3. The van der Waals surface area contributed by atoms with Crippen LogP contribution in [-0.2, 0) is 22.3 Å². The van der Waals surface area contributed by atoms with Crippen LogP contribution in [0.4, 0.5) is 13.2 Å². The van der Waals surface area contributed by atoms with Gasteiger partial charge in [-0.25, -0.2) is 0 Å². The van der Waals surface area contributed by atoms with Gasteiger partial charge in [0.25, 0.3) is 11.7 Å². The number of Topliss-reactive ketones (excluding diaryl/α,β-unsaturated/α-hetero) is 1. The smallest absolute Gasteiger partial charge is 0.416 e. The van der Waals surface area contributed by atoms with Crippen molar-refractivity contribution in [3.63, 3.8) is 0 Å². The number of halogens is 4. The van der Waals surface area contributed by atoms with Gasteiger partial charge in [0.1, 0.15) is 11.5 Å². The molecule has 3 aromatic rings. The van der Waals surface area contributed by atoms with Crippen molar-refractivity contribution in [1.29, 1.82) is 0 Å². The van der Waals surface area contributed by atoms with Crippen molar-refractivity contribution in [2.45, 2.75) is 18.8 Å². The zero-order valence-corrected chi connectivity index (χ0v) is 19.0. The van der Waals surface area contributed by atoms with Crippen LogP contribution in [0.2, 0.25) is 5.02 Å². The number of rotatable bonds is 5. The van der Waals surface area contributed by atoms with Crippen molar-refractivity contribution in [1.82, 2.24) is 9.88 Å². The highest BCUT2D eigenvalue weighted by Gasteiger charge is 2.46. The highest BCUT2D eigenvalue weighted by molar-refractivity contribution is 6.46. The van der Waals surface area contributed by atoms with Crippen LogP contribution in [-0.4, -0.2) is 33.8 Å². The second kappa shape index (κ2) is 9.42. The SMILES string of the molecule is COc1ccc(/C(O)=C2\C(=O)C(=O)N(Cc3cccc(C(F)(F)F)c3)C2c2cccnc2)cc1Cl. The number of hydrogen-bond donors (Lipinski definition) is 1. The van der Waals surface area contributed by atoms with Crippen LogP contribution >= 0.6 is 11.6 Å². The summed E-state index contributed by atoms with van der Waals surface area (Å²) in [6, 6.07) is 11.0. The van der Waals surface area contributed by atoms with Crippen LogP contribution in [0.3, 0.4) is 0 Å². The lowest BCUT2D eigenvalue weighted by atomic mass is 9.96. The van der Waals surface area contributed by atoms with Crippen LogP contribution < -0.4 is 4.74 Å². The van der Waals surface area contributed by atoms with E-state index in [-0.39, 0.29) is 28.3 Å². The first-order valence-electron chi connectivity index (χ1n) is 10.3. The number of alkyl halides is 3. The Morgan fingerprint density at radius 1 is 1.14 bits per heavy atom. The summed E-state index contributed by atoms with van der Waals surface area (Å²) in [5.41, 5.74) is -0.363. The van der Waals surface area contributed by atoms with Crippen molar-refractivity contribution in [3.8, 4) is 5.75 Å². The highest BCUT2D eigenvalue weighted by Crippen LogP contribution is 2.41. The molecule has 2 aromatic carbocycles. The number of hydrogen-bond acceptors (Lipinski definition) is 5. The molecule has 180 valence electrons. The van der Waals surface area contributed by atoms with Crippen LogP contribution in [0.15, 0.2) is 72.6 Å². The van der Waals surface area contributed by atoms with E-state index < -0.39 is 35.2 Å². The summed E-state index contributed by atoms with van der Waals surface area (Å²) in [4.78, 5) is 31.2. The third-order valence-electron chi connectivity index (χ3n) is 5.57. The van der Waals surface area contributed by atoms with Crippen molar-refractivity contribution in [2.75, 3.05) is 7.11 Å². The summed E-state index contributed by atoms with van der Waals surface area (Å²) in [5.74, 6) is -2.07. The topological polar surface area (TPSA) is 79.7 Å². The van der Waals surface area contributed by atoms with Gasteiger partial charge in [-0.1, -0.05) is 29.8 Å². The fourth-order valence-electron chi connectivity index (χ4n) is 3.94. The van der Waals surface area contributed by atoms with Gasteiger partial charge in [0.15, 0.2) is 0 Å². The number of ketones is 1. The van der Waals surface area contributed by atoms with Crippen LogP contribution in [0.1, 0.15) is 28.3 Å². The fourth-order valence-corrected chi connectivity index (χ4v) is 4.20. The van der Waals surface area contributed by atoms with Crippen molar-refractivity contribution < 1.29 is 32.6 Å². The third-order valence-corrected chi connectivity index (χ3v) is 5.87. The summed E-state index contributed by atoms with van der Waals surface area (Å²) in [6.45, 7) is -0.297. The van der Waals surface area contributed by atoms with Crippen LogP contribution in [0, 0.1) is 0 Å². The fraction of sp³-hybridized carbons (Fsp3) is 0.160. The summed E-state index contributed by atoms with van der Waals surface area (Å²) < 4.78 is 44.7. The summed E-state index contributed by atoms with van der Waals surface area (Å²) in [5, 5.41) is 11.2. The Morgan fingerprint density at radius 2 is 1.91 bits per heavy atom. The summed E-state index contributed by atoms with van der Waals surface area (Å²) >= 11 is 6.16. The van der Waals surface area contributed by atoms with Gasteiger partial charge < -0.3 is 14.7 Å². The normalized spacial score (nSPS) is 17.6. The quantitative estimate of drug-likeness (QED) is 0.288. The predicted molar refractivity (Wildman–Crippen MR) is 122 cm³/mol. The summed E-state index contributed by atoms with van der Waals surface area (Å²) in [6.07, 6.45) is -1.66. The Kier molecular flexibility index (Phi) is 6.53. The van der Waals surface area contributed by atoms with Gasteiger partial charge in [0, 0.05) is 24.5 Å². The Hall–Kier alpha value is -3.85. The van der Waals surface area contributed by atoms with E-state index in [1.54, 1.807) is 12.1 Å². The van der Waals surface area contributed by atoms with Gasteiger partial charge in [0.2, 0.25) is 0 Å². The monoisotopic (exact) mass is 502 g/mol. The molecule has 2 heterocycles. The van der Waals surface area contributed by atoms with Gasteiger partial charge in [0.05, 0.1) is 29.3 Å². The maximum Gasteiger partial charge on any atom is 0.416 e. The molecule has 4 rings (SSSR count). The van der Waals surface area contributed by atoms with Crippen LogP contribution in [0.25, 0.3) is 5.76 Å². The number of nitrogens with zero attached hydrogens (tertiary/aromatic N) is 2. The largest absolute Gasteiger partial charge is 0.507 e. The number of aliphatic hydroxyl groups excluding tert-OH is 1. The zero-order valence-electron chi connectivity index (χ0n) is 18.2. The van der Waals surface area contributed by atoms with Gasteiger partial charge in [-0.15, -0.1) is 0 Å². The van der Waals surface area contributed by atoms with Gasteiger partial charge in [-0.2, -0.15) is 13.2 Å². The first-order valence-corrected chi connectivity index (χ1v) is 10.7. The van der Waals surface area contributed by atoms with Crippen molar-refractivity contribution in [3.05, 3.63) is 99.8 Å². The molecule has 35 heavy (non-hydrogen) atoms. The van der Waals surface area contributed by atoms with Crippen LogP contribution in [0.5, 0.6) is 5.75 Å². The van der Waals surface area contributed by atoms with Gasteiger partial charge >= 0.3 is 6.18 Å². The molecule has 0 spiro atoms. The molecule has 10 heteroatoms. The minimum atomic E-state index is -4.57. The Morgan fingerprint density at radius 3 is 2.54 bits per heavy atom. The molecule has 1 aliphatic heterocycles.